The topological polar surface area (TPSA) is 26.3 Å². The van der Waals surface area contributed by atoms with Gasteiger partial charge in [0.25, 0.3) is 0 Å². The van der Waals surface area contributed by atoms with Gasteiger partial charge in [-0.25, -0.2) is 4.79 Å². The predicted octanol–water partition coefficient (Wildman–Crippen LogP) is 2.66. The molecule has 0 saturated heterocycles. The molecule has 1 aromatic carbocycles. The quantitative estimate of drug-likeness (QED) is 0.693. The highest BCUT2D eigenvalue weighted by molar-refractivity contribution is 6.31. The van der Waals surface area contributed by atoms with Crippen LogP contribution in [0.4, 0.5) is 0 Å². The van der Waals surface area contributed by atoms with Crippen molar-refractivity contribution >= 4 is 29.4 Å². The molecule has 0 aliphatic heterocycles. The molecule has 0 fully saturated rings. The van der Waals surface area contributed by atoms with Crippen molar-refractivity contribution in [2.45, 2.75) is 5.38 Å². The van der Waals surface area contributed by atoms with Crippen LogP contribution in [0.3, 0.4) is 0 Å². The average molecular weight is 205 g/mol. The molecule has 4 heteroatoms. The standard InChI is InChI=1S/C8H6Cl2O2/c9-7(8(11)12-10)6-4-2-1-3-5-6/h1-5,7H. The van der Waals surface area contributed by atoms with Crippen LogP contribution in [0.5, 0.6) is 0 Å². The predicted molar refractivity (Wildman–Crippen MR) is 47.0 cm³/mol. The van der Waals surface area contributed by atoms with Gasteiger partial charge in [0, 0.05) is 0 Å². The number of hydrogen-bond donors (Lipinski definition) is 0. The van der Waals surface area contributed by atoms with E-state index in [1.54, 1.807) is 24.3 Å². The lowest BCUT2D eigenvalue weighted by atomic mass is 10.1. The van der Waals surface area contributed by atoms with E-state index < -0.39 is 11.3 Å². The van der Waals surface area contributed by atoms with Gasteiger partial charge in [-0.05, 0) is 5.56 Å². The first kappa shape index (κ1) is 9.36. The van der Waals surface area contributed by atoms with Gasteiger partial charge in [-0.2, -0.15) is 0 Å². The van der Waals surface area contributed by atoms with Crippen LogP contribution < -0.4 is 0 Å². The number of rotatable bonds is 2. The Bertz CT molecular complexity index is 261. The third-order valence-electron chi connectivity index (χ3n) is 1.38. The Balaban J connectivity index is 2.78. The fourth-order valence-electron chi connectivity index (χ4n) is 0.797. The van der Waals surface area contributed by atoms with Gasteiger partial charge in [-0.15, -0.1) is 11.6 Å². The maximum Gasteiger partial charge on any atom is 0.346 e. The first-order chi connectivity index (χ1) is 5.75. The summed E-state index contributed by atoms with van der Waals surface area (Å²) in [4.78, 5) is 10.8. The largest absolute Gasteiger partial charge is 0.346 e. The van der Waals surface area contributed by atoms with E-state index in [0.717, 1.165) is 0 Å². The van der Waals surface area contributed by atoms with Crippen LogP contribution >= 0.6 is 23.5 Å². The highest BCUT2D eigenvalue weighted by atomic mass is 35.5. The third kappa shape index (κ3) is 2.13. The summed E-state index contributed by atoms with van der Waals surface area (Å²) in [6.07, 6.45) is 0. The van der Waals surface area contributed by atoms with Crippen LogP contribution in [0.1, 0.15) is 10.9 Å². The van der Waals surface area contributed by atoms with Gasteiger partial charge in [0.05, 0.1) is 0 Å². The van der Waals surface area contributed by atoms with Gasteiger partial charge < -0.3 is 4.29 Å². The molecule has 0 bridgehead atoms. The lowest BCUT2D eigenvalue weighted by Crippen LogP contribution is -2.05. The molecule has 0 spiro atoms. The Morgan fingerprint density at radius 1 is 1.33 bits per heavy atom. The number of halogens is 2. The van der Waals surface area contributed by atoms with Gasteiger partial charge in [0.2, 0.25) is 0 Å². The molecule has 0 aliphatic rings. The molecule has 1 rings (SSSR count). The van der Waals surface area contributed by atoms with Crippen molar-refractivity contribution in [3.05, 3.63) is 35.9 Å². The Hall–Kier alpha value is -0.730. The molecule has 0 N–H and O–H groups in total. The van der Waals surface area contributed by atoms with E-state index in [1.165, 1.54) is 0 Å². The second-order valence-electron chi connectivity index (χ2n) is 2.17. The molecule has 0 aliphatic carbocycles. The number of carbonyl (C=O) groups is 1. The number of hydrogen-bond acceptors (Lipinski definition) is 2. The molecular formula is C8H6Cl2O2. The minimum absolute atomic E-state index is 0.662. The molecule has 12 heavy (non-hydrogen) atoms. The Morgan fingerprint density at radius 3 is 2.42 bits per heavy atom. The van der Waals surface area contributed by atoms with Crippen LogP contribution in [0.15, 0.2) is 30.3 Å². The summed E-state index contributed by atoms with van der Waals surface area (Å²) >= 11 is 10.6. The van der Waals surface area contributed by atoms with E-state index in [0.29, 0.717) is 5.56 Å². The summed E-state index contributed by atoms with van der Waals surface area (Å²) in [5, 5.41) is -0.830. The summed E-state index contributed by atoms with van der Waals surface area (Å²) in [5.41, 5.74) is 0.671. The van der Waals surface area contributed by atoms with Crippen molar-refractivity contribution in [2.24, 2.45) is 0 Å². The van der Waals surface area contributed by atoms with Gasteiger partial charge in [-0.3, -0.25) is 0 Å². The zero-order chi connectivity index (χ0) is 8.97. The normalized spacial score (nSPS) is 12.2. The highest BCUT2D eigenvalue weighted by Gasteiger charge is 2.18. The number of carbonyl (C=O) groups excluding carboxylic acids is 1. The van der Waals surface area contributed by atoms with Crippen molar-refractivity contribution < 1.29 is 9.08 Å². The molecule has 0 radical (unpaired) electrons. The molecule has 0 saturated carbocycles. The summed E-state index contributed by atoms with van der Waals surface area (Å²) < 4.78 is 3.97. The van der Waals surface area contributed by atoms with E-state index in [-0.39, 0.29) is 0 Å². The number of benzene rings is 1. The maximum atomic E-state index is 10.8. The van der Waals surface area contributed by atoms with E-state index in [4.69, 9.17) is 23.5 Å². The van der Waals surface area contributed by atoms with Crippen LogP contribution in [-0.4, -0.2) is 5.97 Å². The molecule has 2 nitrogen and oxygen atoms in total. The zero-order valence-electron chi connectivity index (χ0n) is 6.04. The summed E-state index contributed by atoms with van der Waals surface area (Å²) in [5.74, 6) is -0.662. The Kier molecular flexibility index (Phi) is 3.38. The van der Waals surface area contributed by atoms with Crippen molar-refractivity contribution in [2.75, 3.05) is 0 Å². The minimum Gasteiger partial charge on any atom is -0.346 e. The summed E-state index contributed by atoms with van der Waals surface area (Å²) in [6.45, 7) is 0. The second-order valence-corrected chi connectivity index (χ2v) is 2.76. The monoisotopic (exact) mass is 204 g/mol. The van der Waals surface area contributed by atoms with Crippen molar-refractivity contribution in [3.63, 3.8) is 0 Å². The molecule has 1 unspecified atom stereocenters. The molecule has 0 aromatic heterocycles. The summed E-state index contributed by atoms with van der Waals surface area (Å²) in [7, 11) is 0. The van der Waals surface area contributed by atoms with E-state index >= 15 is 0 Å². The van der Waals surface area contributed by atoms with Gasteiger partial charge in [-0.1, -0.05) is 30.3 Å². The molecule has 1 atom stereocenters. The van der Waals surface area contributed by atoms with Crippen LogP contribution in [0, 0.1) is 0 Å². The fourth-order valence-corrected chi connectivity index (χ4v) is 1.12. The van der Waals surface area contributed by atoms with Crippen LogP contribution in [0.25, 0.3) is 0 Å². The molecular weight excluding hydrogens is 199 g/mol. The SMILES string of the molecule is O=C(OCl)C(Cl)c1ccccc1. The molecule has 64 valence electrons. The Morgan fingerprint density at radius 2 is 1.92 bits per heavy atom. The van der Waals surface area contributed by atoms with Gasteiger partial charge in [0.1, 0.15) is 11.9 Å². The van der Waals surface area contributed by atoms with Crippen LogP contribution in [-0.2, 0) is 9.08 Å². The third-order valence-corrected chi connectivity index (χ3v) is 1.96. The lowest BCUT2D eigenvalue weighted by Gasteiger charge is -2.04. The van der Waals surface area contributed by atoms with Crippen molar-refractivity contribution in [1.82, 2.24) is 0 Å². The lowest BCUT2D eigenvalue weighted by molar-refractivity contribution is -0.133. The van der Waals surface area contributed by atoms with Crippen molar-refractivity contribution in [3.8, 4) is 0 Å². The zero-order valence-corrected chi connectivity index (χ0v) is 7.55. The molecule has 1 aromatic rings. The van der Waals surface area contributed by atoms with E-state index in [2.05, 4.69) is 4.29 Å². The smallest absolute Gasteiger partial charge is 0.346 e. The van der Waals surface area contributed by atoms with E-state index in [1.807, 2.05) is 6.07 Å². The highest BCUT2D eigenvalue weighted by Crippen LogP contribution is 2.21. The van der Waals surface area contributed by atoms with Gasteiger partial charge in [0.15, 0.2) is 5.38 Å². The van der Waals surface area contributed by atoms with Gasteiger partial charge >= 0.3 is 5.97 Å². The average Bonchev–Trinajstić information content (AvgIpc) is 2.17. The first-order valence-electron chi connectivity index (χ1n) is 3.27. The summed E-state index contributed by atoms with van der Waals surface area (Å²) in [6, 6.07) is 8.86. The molecule has 0 heterocycles. The first-order valence-corrected chi connectivity index (χ1v) is 4.01. The van der Waals surface area contributed by atoms with Crippen molar-refractivity contribution in [1.29, 1.82) is 0 Å². The Labute approximate surface area is 80.2 Å². The molecule has 0 amide bonds. The maximum absolute atomic E-state index is 10.8. The second kappa shape index (κ2) is 4.33. The minimum atomic E-state index is -0.830. The number of alkyl halides is 1. The van der Waals surface area contributed by atoms with Crippen LogP contribution in [0.2, 0.25) is 0 Å². The fraction of sp³-hybridized carbons (Fsp3) is 0.125. The van der Waals surface area contributed by atoms with E-state index in [9.17, 15) is 4.79 Å².